The highest BCUT2D eigenvalue weighted by Crippen LogP contribution is 2.29. The van der Waals surface area contributed by atoms with E-state index in [1.165, 1.54) is 7.11 Å². The van der Waals surface area contributed by atoms with Crippen molar-refractivity contribution >= 4 is 39.6 Å². The number of methoxy groups -OCH3 is 1. The summed E-state index contributed by atoms with van der Waals surface area (Å²) in [5.41, 5.74) is 10.4. The number of pyridine rings is 1. The Morgan fingerprint density at radius 1 is 1.02 bits per heavy atom. The van der Waals surface area contributed by atoms with E-state index in [0.717, 1.165) is 91.6 Å². The number of nitrogens with zero attached hydrogens (tertiary/aromatic N) is 6. The first-order valence-electron chi connectivity index (χ1n) is 15.8. The molecule has 44 heavy (non-hydrogen) atoms. The van der Waals surface area contributed by atoms with Crippen LogP contribution in [0, 0.1) is 0 Å². The molecule has 2 aromatic carbocycles. The molecule has 0 bridgehead atoms. The molecule has 1 aliphatic rings. The molecule has 0 radical (unpaired) electrons. The van der Waals surface area contributed by atoms with Crippen molar-refractivity contribution in [2.75, 3.05) is 59.2 Å². The average molecular weight is 600 g/mol. The molecule has 0 aliphatic carbocycles. The molecule has 4 aromatic rings. The second kappa shape index (κ2) is 14.6. The number of likely N-dealkylation sites (N-methyl/N-ethyl adjacent to an activating group) is 1. The van der Waals surface area contributed by atoms with E-state index in [9.17, 15) is 9.59 Å². The number of carbonyl (C=O) groups excluding carboxylic acids is 2. The minimum absolute atomic E-state index is 0.0959. The fourth-order valence-corrected chi connectivity index (χ4v) is 6.07. The Bertz CT molecular complexity index is 1600. The molecule has 0 spiro atoms. The lowest BCUT2D eigenvalue weighted by molar-refractivity contribution is -0.133. The molecule has 1 saturated heterocycles. The number of benzene rings is 2. The highest BCUT2D eigenvalue weighted by atomic mass is 16.5. The minimum atomic E-state index is -0.383. The Morgan fingerprint density at radius 3 is 2.68 bits per heavy atom. The molecule has 2 N–H and O–H groups in total. The monoisotopic (exact) mass is 599 g/mol. The highest BCUT2D eigenvalue weighted by molar-refractivity contribution is 6.06. The van der Waals surface area contributed by atoms with Crippen LogP contribution in [0.2, 0.25) is 0 Å². The van der Waals surface area contributed by atoms with Gasteiger partial charge in [-0.15, -0.1) is 0 Å². The molecule has 0 atom stereocenters. The number of unbranched alkanes of at least 4 members (excludes halogenated alkanes) is 1. The zero-order valence-electron chi connectivity index (χ0n) is 26.3. The third-order valence-corrected chi connectivity index (χ3v) is 8.50. The first-order valence-corrected chi connectivity index (χ1v) is 15.8. The van der Waals surface area contributed by atoms with Crippen LogP contribution in [0.25, 0.3) is 21.9 Å². The summed E-state index contributed by atoms with van der Waals surface area (Å²) in [6.45, 7) is 8.03. The summed E-state index contributed by atoms with van der Waals surface area (Å²) in [5, 5.41) is 1.03. The maximum absolute atomic E-state index is 13.9. The third-order valence-electron chi connectivity index (χ3n) is 8.50. The third kappa shape index (κ3) is 7.36. The molecule has 5 rings (SSSR count). The summed E-state index contributed by atoms with van der Waals surface area (Å²) in [5.74, 6) is 1.16. The molecule has 1 amide bonds. The van der Waals surface area contributed by atoms with Crippen LogP contribution in [-0.4, -0.2) is 94.5 Å². The number of fused-ring (bicyclic) bond motifs is 3. The normalized spacial score (nSPS) is 14.6. The number of nitrogens with two attached hydrogens (primary N) is 1. The quantitative estimate of drug-likeness (QED) is 0.240. The van der Waals surface area contributed by atoms with E-state index < -0.39 is 0 Å². The van der Waals surface area contributed by atoms with Crippen molar-refractivity contribution in [2.24, 2.45) is 0 Å². The molecule has 10 nitrogen and oxygen atoms in total. The van der Waals surface area contributed by atoms with Crippen molar-refractivity contribution in [3.63, 3.8) is 0 Å². The van der Waals surface area contributed by atoms with Crippen LogP contribution in [0.15, 0.2) is 48.5 Å². The molecular formula is C34H45N7O3. The van der Waals surface area contributed by atoms with Gasteiger partial charge in [0.1, 0.15) is 11.3 Å². The minimum Gasteiger partial charge on any atom is -0.465 e. The summed E-state index contributed by atoms with van der Waals surface area (Å²) in [7, 11) is 3.51. The number of anilines is 1. The van der Waals surface area contributed by atoms with Crippen LogP contribution in [0.3, 0.4) is 0 Å². The smallest absolute Gasteiger partial charge is 0.337 e. The predicted octanol–water partition coefficient (Wildman–Crippen LogP) is 4.35. The summed E-state index contributed by atoms with van der Waals surface area (Å²) < 4.78 is 7.22. The molecule has 0 saturated carbocycles. The summed E-state index contributed by atoms with van der Waals surface area (Å²) in [6.07, 6.45) is 4.74. The lowest BCUT2D eigenvalue weighted by Gasteiger charge is -2.27. The number of ether oxygens (including phenoxy) is 1. The topological polar surface area (TPSA) is 110 Å². The first kappa shape index (κ1) is 31.4. The lowest BCUT2D eigenvalue weighted by Crippen LogP contribution is -2.42. The molecule has 1 aliphatic heterocycles. The summed E-state index contributed by atoms with van der Waals surface area (Å²) in [4.78, 5) is 42.2. The van der Waals surface area contributed by atoms with Gasteiger partial charge < -0.3 is 24.8 Å². The number of aromatic nitrogens is 3. The van der Waals surface area contributed by atoms with Crippen LogP contribution in [-0.2, 0) is 29.0 Å². The molecule has 0 unspecified atom stereocenters. The average Bonchev–Trinajstić information content (AvgIpc) is 3.28. The van der Waals surface area contributed by atoms with Crippen LogP contribution >= 0.6 is 0 Å². The molecule has 10 heteroatoms. The van der Waals surface area contributed by atoms with Crippen molar-refractivity contribution in [3.8, 4) is 0 Å². The lowest BCUT2D eigenvalue weighted by atomic mass is 10.1. The van der Waals surface area contributed by atoms with Crippen molar-refractivity contribution < 1.29 is 14.3 Å². The zero-order valence-corrected chi connectivity index (χ0v) is 26.3. The van der Waals surface area contributed by atoms with Gasteiger partial charge >= 0.3 is 5.97 Å². The number of aryl methyl sites for hydroxylation is 2. The van der Waals surface area contributed by atoms with Gasteiger partial charge in [0.05, 0.1) is 30.3 Å². The number of imidazole rings is 1. The van der Waals surface area contributed by atoms with Crippen molar-refractivity contribution in [3.05, 3.63) is 65.5 Å². The Kier molecular flexibility index (Phi) is 10.4. The van der Waals surface area contributed by atoms with Crippen molar-refractivity contribution in [1.29, 1.82) is 0 Å². The summed E-state index contributed by atoms with van der Waals surface area (Å²) >= 11 is 0. The Balaban J connectivity index is 1.40. The Morgan fingerprint density at radius 2 is 1.86 bits per heavy atom. The number of carbonyl (C=O) groups is 2. The highest BCUT2D eigenvalue weighted by Gasteiger charge is 2.22. The van der Waals surface area contributed by atoms with Gasteiger partial charge in [-0.2, -0.15) is 0 Å². The van der Waals surface area contributed by atoms with Crippen molar-refractivity contribution in [2.45, 2.75) is 52.1 Å². The van der Waals surface area contributed by atoms with Crippen LogP contribution in [0.4, 0.5) is 5.82 Å². The number of rotatable bonds is 12. The van der Waals surface area contributed by atoms with E-state index in [2.05, 4.69) is 39.4 Å². The van der Waals surface area contributed by atoms with Crippen LogP contribution < -0.4 is 5.73 Å². The van der Waals surface area contributed by atoms with Gasteiger partial charge in [0.25, 0.3) is 0 Å². The van der Waals surface area contributed by atoms with Gasteiger partial charge in [-0.25, -0.2) is 14.8 Å². The molecule has 1 fully saturated rings. The van der Waals surface area contributed by atoms with E-state index in [0.29, 0.717) is 37.6 Å². The Labute approximate surface area is 259 Å². The SMILES string of the molecule is CCCCc1nc2c(N)nc3ccccc3c2n1CCCN(Cc1cccc(C(=O)OC)c1)C(=O)CN1CCCN(C)CC1. The second-order valence-electron chi connectivity index (χ2n) is 11.8. The number of hydrogen-bond acceptors (Lipinski definition) is 8. The van der Waals surface area contributed by atoms with E-state index in [4.69, 9.17) is 15.5 Å². The van der Waals surface area contributed by atoms with Gasteiger partial charge in [0, 0.05) is 44.5 Å². The second-order valence-corrected chi connectivity index (χ2v) is 11.8. The van der Waals surface area contributed by atoms with E-state index in [1.807, 2.05) is 41.3 Å². The van der Waals surface area contributed by atoms with E-state index in [-0.39, 0.29) is 11.9 Å². The van der Waals surface area contributed by atoms with Crippen molar-refractivity contribution in [1.82, 2.24) is 29.2 Å². The van der Waals surface area contributed by atoms with Gasteiger partial charge in [0.2, 0.25) is 5.91 Å². The van der Waals surface area contributed by atoms with Gasteiger partial charge in [-0.05, 0) is 63.2 Å². The molecule has 3 heterocycles. The van der Waals surface area contributed by atoms with E-state index in [1.54, 1.807) is 6.07 Å². The van der Waals surface area contributed by atoms with Gasteiger partial charge in [-0.3, -0.25) is 9.69 Å². The predicted molar refractivity (Wildman–Crippen MR) is 174 cm³/mol. The van der Waals surface area contributed by atoms with Gasteiger partial charge in [0.15, 0.2) is 5.82 Å². The zero-order chi connectivity index (χ0) is 31.1. The maximum Gasteiger partial charge on any atom is 0.337 e. The molecular weight excluding hydrogens is 554 g/mol. The first-order chi connectivity index (χ1) is 21.4. The number of esters is 1. The largest absolute Gasteiger partial charge is 0.465 e. The number of nitrogen functional groups attached to an aromatic ring is 1. The fourth-order valence-electron chi connectivity index (χ4n) is 6.07. The van der Waals surface area contributed by atoms with Crippen LogP contribution in [0.5, 0.6) is 0 Å². The summed E-state index contributed by atoms with van der Waals surface area (Å²) in [6, 6.07) is 15.4. The number of para-hydroxylation sites is 1. The molecule has 2 aromatic heterocycles. The standard InChI is InChI=1S/C34H45N7O3/c1-4-5-15-29-37-31-32(27-13-6-7-14-28(27)36-33(31)35)41(29)19-10-18-40(23-25-11-8-12-26(22-25)34(43)44-3)30(42)24-39-17-9-16-38(2)20-21-39/h6-8,11-14,22H,4-5,9-10,15-21,23-24H2,1-3H3,(H2,35,36). The maximum atomic E-state index is 13.9. The van der Waals surface area contributed by atoms with Crippen LogP contribution in [0.1, 0.15) is 54.4 Å². The Hall–Kier alpha value is -4.02. The number of hydrogen-bond donors (Lipinski definition) is 1. The molecule has 234 valence electrons. The number of amides is 1. The fraction of sp³-hybridized carbons (Fsp3) is 0.471. The van der Waals surface area contributed by atoms with Gasteiger partial charge in [-0.1, -0.05) is 43.7 Å². The van der Waals surface area contributed by atoms with E-state index >= 15 is 0 Å².